The molecule has 0 atom stereocenters. The van der Waals surface area contributed by atoms with Crippen molar-refractivity contribution in [3.8, 4) is 0 Å². The molecule has 1 heterocycles. The summed E-state index contributed by atoms with van der Waals surface area (Å²) in [5.74, 6) is -1.68. The van der Waals surface area contributed by atoms with Crippen LogP contribution in [0.25, 0.3) is 0 Å². The smallest absolute Gasteiger partial charge is 0.343 e. The van der Waals surface area contributed by atoms with Crippen LogP contribution in [0.15, 0.2) is 35.9 Å². The molecule has 2 rings (SSSR count). The highest BCUT2D eigenvalue weighted by atomic mass is 16.5. The molecule has 0 aromatic heterocycles. The van der Waals surface area contributed by atoms with E-state index >= 15 is 0 Å². The van der Waals surface area contributed by atoms with Gasteiger partial charge in [-0.3, -0.25) is 9.59 Å². The van der Waals surface area contributed by atoms with Gasteiger partial charge in [0, 0.05) is 6.42 Å². The van der Waals surface area contributed by atoms with E-state index in [9.17, 15) is 14.4 Å². The predicted octanol–water partition coefficient (Wildman–Crippen LogP) is 1.75. The van der Waals surface area contributed by atoms with Crippen LogP contribution in [0.1, 0.15) is 18.9 Å². The first-order valence-electron chi connectivity index (χ1n) is 6.35. The second-order valence-corrected chi connectivity index (χ2v) is 4.41. The van der Waals surface area contributed by atoms with Crippen molar-refractivity contribution >= 4 is 23.5 Å². The summed E-state index contributed by atoms with van der Waals surface area (Å²) in [7, 11) is 0. The minimum atomic E-state index is -0.692. The number of carbonyl (C=O) groups excluding carboxylic acids is 3. The van der Waals surface area contributed by atoms with Crippen LogP contribution < -0.4 is 4.90 Å². The topological polar surface area (TPSA) is 63.7 Å². The zero-order valence-electron chi connectivity index (χ0n) is 11.4. The number of imide groups is 1. The molecule has 0 radical (unpaired) electrons. The van der Waals surface area contributed by atoms with Crippen LogP contribution in [0, 0.1) is 6.92 Å². The van der Waals surface area contributed by atoms with Crippen molar-refractivity contribution < 1.29 is 19.1 Å². The highest BCUT2D eigenvalue weighted by Crippen LogP contribution is 2.23. The van der Waals surface area contributed by atoms with Crippen LogP contribution in [0.5, 0.6) is 0 Å². The van der Waals surface area contributed by atoms with Gasteiger partial charge in [-0.2, -0.15) is 0 Å². The standard InChI is InChI=1S/C15H15NO4/c1-3-20-15(19)12-8-9-13(17)16(14(12)18)11-6-4-10(2)5-7-11/h4-8H,3,9H2,1-2H3. The fraction of sp³-hybridized carbons (Fsp3) is 0.267. The lowest BCUT2D eigenvalue weighted by Crippen LogP contribution is -2.42. The summed E-state index contributed by atoms with van der Waals surface area (Å²) in [6.07, 6.45) is 1.33. The average molecular weight is 273 g/mol. The van der Waals surface area contributed by atoms with Crippen LogP contribution in [0.3, 0.4) is 0 Å². The average Bonchev–Trinajstić information content (AvgIpc) is 2.41. The molecule has 0 saturated heterocycles. The molecule has 0 N–H and O–H groups in total. The molecule has 0 fully saturated rings. The van der Waals surface area contributed by atoms with Crippen LogP contribution in [0.4, 0.5) is 5.69 Å². The Balaban J connectivity index is 2.32. The SMILES string of the molecule is CCOC(=O)C1=CCC(=O)N(c2ccc(C)cc2)C1=O. The Labute approximate surface area is 116 Å². The van der Waals surface area contributed by atoms with Gasteiger partial charge < -0.3 is 4.74 Å². The number of ether oxygens (including phenoxy) is 1. The van der Waals surface area contributed by atoms with Gasteiger partial charge in [0.05, 0.1) is 12.3 Å². The van der Waals surface area contributed by atoms with Gasteiger partial charge in [-0.05, 0) is 26.0 Å². The van der Waals surface area contributed by atoms with E-state index in [0.29, 0.717) is 5.69 Å². The number of esters is 1. The minimum Gasteiger partial charge on any atom is -0.462 e. The van der Waals surface area contributed by atoms with Crippen LogP contribution in [-0.2, 0) is 19.1 Å². The summed E-state index contributed by atoms with van der Waals surface area (Å²) in [5, 5.41) is 0. The molecule has 104 valence electrons. The Morgan fingerprint density at radius 1 is 1.25 bits per heavy atom. The third kappa shape index (κ3) is 2.61. The first-order valence-corrected chi connectivity index (χ1v) is 6.35. The lowest BCUT2D eigenvalue weighted by atomic mass is 10.1. The molecule has 0 unspecified atom stereocenters. The van der Waals surface area contributed by atoms with Gasteiger partial charge in [-0.1, -0.05) is 23.8 Å². The molecule has 1 aromatic rings. The highest BCUT2D eigenvalue weighted by molar-refractivity contribution is 6.31. The van der Waals surface area contributed by atoms with E-state index in [0.717, 1.165) is 10.5 Å². The number of anilines is 1. The van der Waals surface area contributed by atoms with Crippen molar-refractivity contribution in [1.82, 2.24) is 0 Å². The molecule has 5 heteroatoms. The second kappa shape index (κ2) is 5.69. The van der Waals surface area contributed by atoms with Crippen molar-refractivity contribution in [2.45, 2.75) is 20.3 Å². The molecule has 0 aliphatic carbocycles. The number of carbonyl (C=O) groups is 3. The number of aryl methyl sites for hydroxylation is 1. The third-order valence-corrected chi connectivity index (χ3v) is 2.95. The molecule has 2 amide bonds. The summed E-state index contributed by atoms with van der Waals surface area (Å²) in [6, 6.07) is 6.97. The zero-order chi connectivity index (χ0) is 14.7. The molecule has 20 heavy (non-hydrogen) atoms. The van der Waals surface area contributed by atoms with Crippen LogP contribution >= 0.6 is 0 Å². The highest BCUT2D eigenvalue weighted by Gasteiger charge is 2.33. The van der Waals surface area contributed by atoms with E-state index in [1.54, 1.807) is 31.2 Å². The maximum absolute atomic E-state index is 12.3. The summed E-state index contributed by atoms with van der Waals surface area (Å²) in [5.41, 5.74) is 1.39. The Morgan fingerprint density at radius 2 is 1.90 bits per heavy atom. The number of hydrogen-bond acceptors (Lipinski definition) is 4. The van der Waals surface area contributed by atoms with Crippen molar-refractivity contribution in [3.05, 3.63) is 41.5 Å². The number of rotatable bonds is 3. The summed E-state index contributed by atoms with van der Waals surface area (Å²) < 4.78 is 4.82. The first-order chi connectivity index (χ1) is 9.54. The van der Waals surface area contributed by atoms with Gasteiger partial charge >= 0.3 is 5.97 Å². The third-order valence-electron chi connectivity index (χ3n) is 2.95. The van der Waals surface area contributed by atoms with E-state index in [2.05, 4.69) is 0 Å². The van der Waals surface area contributed by atoms with Gasteiger partial charge in [0.1, 0.15) is 5.57 Å². The van der Waals surface area contributed by atoms with Crippen molar-refractivity contribution in [2.24, 2.45) is 0 Å². The van der Waals surface area contributed by atoms with E-state index in [1.807, 2.05) is 6.92 Å². The van der Waals surface area contributed by atoms with E-state index in [-0.39, 0.29) is 24.5 Å². The molecule has 0 spiro atoms. The molecule has 0 bridgehead atoms. The molecule has 5 nitrogen and oxygen atoms in total. The first kappa shape index (κ1) is 14.0. The molecule has 1 aliphatic rings. The Morgan fingerprint density at radius 3 is 2.50 bits per heavy atom. The maximum Gasteiger partial charge on any atom is 0.343 e. The lowest BCUT2D eigenvalue weighted by molar-refractivity contribution is -0.140. The fourth-order valence-electron chi connectivity index (χ4n) is 1.94. The van der Waals surface area contributed by atoms with E-state index in [4.69, 9.17) is 4.74 Å². The van der Waals surface area contributed by atoms with Crippen molar-refractivity contribution in [2.75, 3.05) is 11.5 Å². The number of benzene rings is 1. The Bertz CT molecular complexity index is 586. The van der Waals surface area contributed by atoms with Crippen LogP contribution in [0.2, 0.25) is 0 Å². The quantitative estimate of drug-likeness (QED) is 0.478. The van der Waals surface area contributed by atoms with Gasteiger partial charge in [0.2, 0.25) is 5.91 Å². The van der Waals surface area contributed by atoms with Gasteiger partial charge in [-0.15, -0.1) is 0 Å². The normalized spacial score (nSPS) is 15.1. The number of amides is 2. The van der Waals surface area contributed by atoms with Gasteiger partial charge in [0.15, 0.2) is 0 Å². The minimum absolute atomic E-state index is 0.00770. The predicted molar refractivity (Wildman–Crippen MR) is 73.0 cm³/mol. The number of nitrogens with zero attached hydrogens (tertiary/aromatic N) is 1. The van der Waals surface area contributed by atoms with Crippen molar-refractivity contribution in [3.63, 3.8) is 0 Å². The fourth-order valence-corrected chi connectivity index (χ4v) is 1.94. The van der Waals surface area contributed by atoms with Gasteiger partial charge in [-0.25, -0.2) is 9.69 Å². The molecule has 1 aliphatic heterocycles. The Hall–Kier alpha value is -2.43. The van der Waals surface area contributed by atoms with E-state index in [1.165, 1.54) is 6.08 Å². The molecule has 0 saturated carbocycles. The van der Waals surface area contributed by atoms with Crippen LogP contribution in [-0.4, -0.2) is 24.4 Å². The van der Waals surface area contributed by atoms with E-state index < -0.39 is 11.9 Å². The summed E-state index contributed by atoms with van der Waals surface area (Å²) in [6.45, 7) is 3.75. The second-order valence-electron chi connectivity index (χ2n) is 4.41. The lowest BCUT2D eigenvalue weighted by Gasteiger charge is -2.24. The monoisotopic (exact) mass is 273 g/mol. The van der Waals surface area contributed by atoms with Gasteiger partial charge in [0.25, 0.3) is 5.91 Å². The van der Waals surface area contributed by atoms with Crippen molar-refractivity contribution in [1.29, 1.82) is 0 Å². The largest absolute Gasteiger partial charge is 0.462 e. The summed E-state index contributed by atoms with van der Waals surface area (Å²) >= 11 is 0. The summed E-state index contributed by atoms with van der Waals surface area (Å²) in [4.78, 5) is 36.9. The number of hydrogen-bond donors (Lipinski definition) is 0. The molecule has 1 aromatic carbocycles. The zero-order valence-corrected chi connectivity index (χ0v) is 11.4. The maximum atomic E-state index is 12.3. The molecular formula is C15H15NO4. The molecular weight excluding hydrogens is 258 g/mol. The Kier molecular flexibility index (Phi) is 3.98.